The van der Waals surface area contributed by atoms with Gasteiger partial charge in [-0.1, -0.05) is 0 Å². The normalized spacial score (nSPS) is 17.3. The number of aliphatic hydroxyl groups excluding tert-OH is 1. The first-order valence-corrected chi connectivity index (χ1v) is 14.7. The molecule has 1 saturated carbocycles. The fraction of sp³-hybridized carbons (Fsp3) is 0.438. The molecule has 5 rings (SSSR count). The van der Waals surface area contributed by atoms with E-state index in [1.807, 2.05) is 6.07 Å². The Kier molecular flexibility index (Phi) is 9.02. The van der Waals surface area contributed by atoms with E-state index in [9.17, 15) is 28.7 Å². The number of amides is 1. The number of likely N-dealkylation sites (tertiary alicyclic amines) is 1. The monoisotopic (exact) mass is 624 g/mol. The van der Waals surface area contributed by atoms with E-state index in [0.29, 0.717) is 18.5 Å². The number of halogens is 3. The van der Waals surface area contributed by atoms with Crippen LogP contribution in [-0.4, -0.2) is 56.6 Å². The largest absolute Gasteiger partial charge is 0.475 e. The summed E-state index contributed by atoms with van der Waals surface area (Å²) in [6.45, 7) is 4.55. The van der Waals surface area contributed by atoms with Gasteiger partial charge in [0.2, 0.25) is 5.88 Å². The van der Waals surface area contributed by atoms with Gasteiger partial charge in [-0.2, -0.15) is 10.2 Å². The van der Waals surface area contributed by atoms with Crippen LogP contribution in [-0.2, 0) is 13.6 Å². The SMILES string of the molecule is CC(C)Oc1cc(-c2c(F)cc(C#N)cc2C(O)N2CC(F)(F)C2)cc(NC(=O)c2cc(CN[C@@H](C)C3CC3)cn(C)c2=O)n1. The Morgan fingerprint density at radius 1 is 1.20 bits per heavy atom. The number of aliphatic hydroxyl groups is 1. The zero-order valence-electron chi connectivity index (χ0n) is 25.4. The summed E-state index contributed by atoms with van der Waals surface area (Å²) in [6.07, 6.45) is 1.98. The summed E-state index contributed by atoms with van der Waals surface area (Å²) in [5.41, 5.74) is -0.248. The Balaban J connectivity index is 1.50. The molecule has 0 spiro atoms. The molecule has 3 N–H and O–H groups in total. The van der Waals surface area contributed by atoms with Crippen LogP contribution in [0.15, 0.2) is 41.3 Å². The van der Waals surface area contributed by atoms with E-state index in [1.165, 1.54) is 41.7 Å². The number of hydrogen-bond acceptors (Lipinski definition) is 8. The summed E-state index contributed by atoms with van der Waals surface area (Å²) in [5, 5.41) is 26.4. The molecule has 1 aliphatic heterocycles. The molecule has 0 bridgehead atoms. The molecule has 2 atom stereocenters. The highest BCUT2D eigenvalue weighted by atomic mass is 19.3. The van der Waals surface area contributed by atoms with Crippen LogP contribution in [0.1, 0.15) is 66.9 Å². The number of aryl methyl sites for hydroxylation is 1. The Morgan fingerprint density at radius 2 is 1.91 bits per heavy atom. The number of nitrogens with zero attached hydrogens (tertiary/aromatic N) is 4. The van der Waals surface area contributed by atoms with Gasteiger partial charge in [-0.25, -0.2) is 13.2 Å². The second-order valence-corrected chi connectivity index (χ2v) is 12.1. The van der Waals surface area contributed by atoms with Gasteiger partial charge in [0, 0.05) is 43.0 Å². The van der Waals surface area contributed by atoms with Crippen molar-refractivity contribution < 1.29 is 27.8 Å². The van der Waals surface area contributed by atoms with Crippen LogP contribution < -0.4 is 20.9 Å². The van der Waals surface area contributed by atoms with Crippen molar-refractivity contribution in [2.24, 2.45) is 13.0 Å². The average Bonchev–Trinajstić information content (AvgIpc) is 3.80. The van der Waals surface area contributed by atoms with E-state index in [1.54, 1.807) is 27.1 Å². The van der Waals surface area contributed by atoms with Crippen molar-refractivity contribution in [2.75, 3.05) is 18.4 Å². The van der Waals surface area contributed by atoms with Crippen molar-refractivity contribution >= 4 is 11.7 Å². The van der Waals surface area contributed by atoms with E-state index >= 15 is 4.39 Å². The number of benzene rings is 1. The molecule has 1 aliphatic carbocycles. The highest BCUT2D eigenvalue weighted by molar-refractivity contribution is 6.04. The summed E-state index contributed by atoms with van der Waals surface area (Å²) < 4.78 is 50.0. The zero-order valence-corrected chi connectivity index (χ0v) is 25.4. The maximum atomic E-state index is 15.6. The van der Waals surface area contributed by atoms with E-state index in [-0.39, 0.29) is 45.6 Å². The van der Waals surface area contributed by atoms with Crippen molar-refractivity contribution in [1.29, 1.82) is 5.26 Å². The Morgan fingerprint density at radius 3 is 2.53 bits per heavy atom. The molecule has 13 heteroatoms. The lowest BCUT2D eigenvalue weighted by Gasteiger charge is -2.42. The first kappa shape index (κ1) is 32.2. The number of nitriles is 1. The number of anilines is 1. The maximum absolute atomic E-state index is 15.6. The third-order valence-corrected chi connectivity index (χ3v) is 7.87. The van der Waals surface area contributed by atoms with Gasteiger partial charge in [0.1, 0.15) is 23.4 Å². The summed E-state index contributed by atoms with van der Waals surface area (Å²) in [6, 6.07) is 8.53. The van der Waals surface area contributed by atoms with E-state index < -0.39 is 42.5 Å². The minimum absolute atomic E-state index is 0.00241. The number of ether oxygens (including phenoxy) is 1. The fourth-order valence-corrected chi connectivity index (χ4v) is 5.40. The molecular formula is C32H35F3N6O4. The third-order valence-electron chi connectivity index (χ3n) is 7.87. The number of aromatic nitrogens is 2. The minimum atomic E-state index is -3.00. The molecule has 1 amide bonds. The van der Waals surface area contributed by atoms with E-state index in [2.05, 4.69) is 22.5 Å². The Bertz CT molecular complexity index is 1710. The van der Waals surface area contributed by atoms with Crippen molar-refractivity contribution in [3.8, 4) is 23.1 Å². The molecule has 0 radical (unpaired) electrons. The Labute approximate surface area is 258 Å². The third kappa shape index (κ3) is 7.36. The number of rotatable bonds is 11. The van der Waals surface area contributed by atoms with Gasteiger partial charge in [0.25, 0.3) is 17.4 Å². The highest BCUT2D eigenvalue weighted by Crippen LogP contribution is 2.40. The predicted octanol–water partition coefficient (Wildman–Crippen LogP) is 4.33. The molecule has 2 fully saturated rings. The lowest BCUT2D eigenvalue weighted by Crippen LogP contribution is -2.57. The van der Waals surface area contributed by atoms with Crippen molar-refractivity contribution in [2.45, 2.75) is 64.5 Å². The van der Waals surface area contributed by atoms with E-state index in [0.717, 1.165) is 16.5 Å². The van der Waals surface area contributed by atoms with Crippen LogP contribution in [0.5, 0.6) is 5.88 Å². The first-order valence-electron chi connectivity index (χ1n) is 14.7. The topological polar surface area (TPSA) is 133 Å². The lowest BCUT2D eigenvalue weighted by atomic mass is 9.94. The van der Waals surface area contributed by atoms with Gasteiger partial charge in [-0.05, 0) is 74.9 Å². The minimum Gasteiger partial charge on any atom is -0.475 e. The summed E-state index contributed by atoms with van der Waals surface area (Å²) >= 11 is 0. The van der Waals surface area contributed by atoms with Gasteiger partial charge in [-0.3, -0.25) is 14.5 Å². The standard InChI is InChI=1S/C32H35F3N6O4/c1-17(2)45-27-11-22(28-23(7-19(12-36)9-25(28)33)31(44)41-15-32(34,35)16-41)10-26(38-27)39-29(42)24-8-20(14-40(4)30(24)43)13-37-18(3)21-5-6-21/h7-11,14,17-18,21,31,37,44H,5-6,13,15-16H2,1-4H3,(H,38,39,42)/t18-,31?/m0/s1. The number of nitrogens with one attached hydrogen (secondary N) is 2. The molecule has 1 unspecified atom stereocenters. The maximum Gasteiger partial charge on any atom is 0.273 e. The molecule has 3 heterocycles. The van der Waals surface area contributed by atoms with Gasteiger partial charge in [0.05, 0.1) is 30.8 Å². The van der Waals surface area contributed by atoms with E-state index in [4.69, 9.17) is 4.74 Å². The average molecular weight is 625 g/mol. The smallest absolute Gasteiger partial charge is 0.273 e. The molecular weight excluding hydrogens is 589 g/mol. The summed E-state index contributed by atoms with van der Waals surface area (Å²) in [7, 11) is 1.55. The van der Waals surface area contributed by atoms with Crippen LogP contribution >= 0.6 is 0 Å². The number of alkyl halides is 2. The molecule has 1 saturated heterocycles. The van der Waals surface area contributed by atoms with Gasteiger partial charge >= 0.3 is 0 Å². The fourth-order valence-electron chi connectivity index (χ4n) is 5.40. The second kappa shape index (κ2) is 12.6. The van der Waals surface area contributed by atoms with Crippen LogP contribution in [0.25, 0.3) is 11.1 Å². The molecule has 45 heavy (non-hydrogen) atoms. The number of hydrogen-bond donors (Lipinski definition) is 3. The summed E-state index contributed by atoms with van der Waals surface area (Å²) in [5.74, 6) is -4.12. The molecule has 238 valence electrons. The number of carbonyl (C=O) groups is 1. The van der Waals surface area contributed by atoms with Gasteiger partial charge in [0.15, 0.2) is 0 Å². The van der Waals surface area contributed by atoms with Crippen LogP contribution in [0.4, 0.5) is 19.0 Å². The first-order chi connectivity index (χ1) is 21.2. The summed E-state index contributed by atoms with van der Waals surface area (Å²) in [4.78, 5) is 31.8. The number of pyridine rings is 2. The van der Waals surface area contributed by atoms with Crippen LogP contribution in [0.2, 0.25) is 0 Å². The predicted molar refractivity (Wildman–Crippen MR) is 160 cm³/mol. The molecule has 1 aromatic carbocycles. The van der Waals surface area contributed by atoms with Gasteiger partial charge < -0.3 is 25.0 Å². The molecule has 10 nitrogen and oxygen atoms in total. The van der Waals surface area contributed by atoms with Gasteiger partial charge in [-0.15, -0.1) is 0 Å². The Hall–Kier alpha value is -4.25. The number of carbonyl (C=O) groups excluding carboxylic acids is 1. The lowest BCUT2D eigenvalue weighted by molar-refractivity contribution is -0.185. The second-order valence-electron chi connectivity index (χ2n) is 12.1. The quantitative estimate of drug-likeness (QED) is 0.287. The van der Waals surface area contributed by atoms with Crippen molar-refractivity contribution in [3.05, 3.63) is 75.0 Å². The van der Waals surface area contributed by atoms with Crippen molar-refractivity contribution in [3.63, 3.8) is 0 Å². The van der Waals surface area contributed by atoms with Crippen LogP contribution in [0, 0.1) is 23.1 Å². The highest BCUT2D eigenvalue weighted by Gasteiger charge is 2.47. The van der Waals surface area contributed by atoms with Crippen molar-refractivity contribution in [1.82, 2.24) is 19.8 Å². The molecule has 2 aromatic heterocycles. The molecule has 2 aliphatic rings. The zero-order chi connectivity index (χ0) is 32.6. The molecule has 3 aromatic rings. The van der Waals surface area contributed by atoms with Crippen LogP contribution in [0.3, 0.4) is 0 Å².